The van der Waals surface area contributed by atoms with Crippen LogP contribution >= 0.6 is 0 Å². The molecule has 2 aromatic carbocycles. The number of anilines is 2. The van der Waals surface area contributed by atoms with E-state index in [2.05, 4.69) is 15.3 Å². The van der Waals surface area contributed by atoms with Gasteiger partial charge in [-0.1, -0.05) is 24.3 Å². The SMILES string of the molecule is Nc1ccccc1NC(=O)c1ccc(-c2ccncn2)cc1. The topological polar surface area (TPSA) is 80.9 Å². The first-order valence-corrected chi connectivity index (χ1v) is 6.76. The molecule has 0 spiro atoms. The Morgan fingerprint density at radius 2 is 1.77 bits per heavy atom. The molecule has 3 rings (SSSR count). The van der Waals surface area contributed by atoms with Crippen molar-refractivity contribution < 1.29 is 4.79 Å². The highest BCUT2D eigenvalue weighted by Gasteiger charge is 2.08. The average Bonchev–Trinajstić information content (AvgIpc) is 2.58. The van der Waals surface area contributed by atoms with Gasteiger partial charge in [-0.3, -0.25) is 4.79 Å². The lowest BCUT2D eigenvalue weighted by Gasteiger charge is -2.08. The monoisotopic (exact) mass is 290 g/mol. The Morgan fingerprint density at radius 1 is 1.00 bits per heavy atom. The number of para-hydroxylation sites is 2. The number of nitrogens with zero attached hydrogens (tertiary/aromatic N) is 2. The minimum atomic E-state index is -0.202. The molecular weight excluding hydrogens is 276 g/mol. The Hall–Kier alpha value is -3.21. The zero-order chi connectivity index (χ0) is 15.4. The van der Waals surface area contributed by atoms with Crippen molar-refractivity contribution in [2.24, 2.45) is 0 Å². The number of carbonyl (C=O) groups is 1. The number of nitrogens with two attached hydrogens (primary N) is 1. The summed E-state index contributed by atoms with van der Waals surface area (Å²) in [5, 5.41) is 2.80. The van der Waals surface area contributed by atoms with E-state index in [0.717, 1.165) is 11.3 Å². The van der Waals surface area contributed by atoms with Gasteiger partial charge in [0.25, 0.3) is 5.91 Å². The number of carbonyl (C=O) groups excluding carboxylic acids is 1. The van der Waals surface area contributed by atoms with Gasteiger partial charge in [0.15, 0.2) is 0 Å². The minimum absolute atomic E-state index is 0.202. The molecule has 0 aliphatic heterocycles. The number of nitrogen functional groups attached to an aromatic ring is 1. The molecule has 1 heterocycles. The summed E-state index contributed by atoms with van der Waals surface area (Å²) < 4.78 is 0. The summed E-state index contributed by atoms with van der Waals surface area (Å²) in [6, 6.07) is 16.2. The zero-order valence-electron chi connectivity index (χ0n) is 11.7. The van der Waals surface area contributed by atoms with Gasteiger partial charge in [0, 0.05) is 17.3 Å². The quantitative estimate of drug-likeness (QED) is 0.727. The molecule has 0 saturated heterocycles. The van der Waals surface area contributed by atoms with Crippen LogP contribution in [0.2, 0.25) is 0 Å². The van der Waals surface area contributed by atoms with Crippen LogP contribution in [0.3, 0.4) is 0 Å². The summed E-state index contributed by atoms with van der Waals surface area (Å²) in [4.78, 5) is 20.3. The number of rotatable bonds is 3. The second-order valence-corrected chi connectivity index (χ2v) is 4.71. The summed E-state index contributed by atoms with van der Waals surface area (Å²) in [6.45, 7) is 0. The van der Waals surface area contributed by atoms with E-state index in [1.54, 1.807) is 30.5 Å². The van der Waals surface area contributed by atoms with Crippen molar-refractivity contribution >= 4 is 17.3 Å². The molecule has 0 bridgehead atoms. The third-order valence-corrected chi connectivity index (χ3v) is 3.23. The summed E-state index contributed by atoms with van der Waals surface area (Å²) in [7, 11) is 0. The van der Waals surface area contributed by atoms with Crippen molar-refractivity contribution in [1.82, 2.24) is 9.97 Å². The Balaban J connectivity index is 1.78. The highest BCUT2D eigenvalue weighted by molar-refractivity contribution is 6.05. The van der Waals surface area contributed by atoms with Crippen LogP contribution in [0.4, 0.5) is 11.4 Å². The second-order valence-electron chi connectivity index (χ2n) is 4.71. The van der Waals surface area contributed by atoms with Gasteiger partial charge in [-0.2, -0.15) is 0 Å². The molecule has 5 nitrogen and oxygen atoms in total. The molecule has 3 N–H and O–H groups in total. The molecule has 0 atom stereocenters. The number of hydrogen-bond donors (Lipinski definition) is 2. The molecule has 0 fully saturated rings. The fraction of sp³-hybridized carbons (Fsp3) is 0. The van der Waals surface area contributed by atoms with Gasteiger partial charge in [-0.05, 0) is 30.3 Å². The Bertz CT molecular complexity index is 785. The van der Waals surface area contributed by atoms with E-state index in [1.807, 2.05) is 30.3 Å². The van der Waals surface area contributed by atoms with Crippen LogP contribution in [-0.4, -0.2) is 15.9 Å². The Kier molecular flexibility index (Phi) is 3.78. The predicted molar refractivity (Wildman–Crippen MR) is 86.3 cm³/mol. The van der Waals surface area contributed by atoms with Crippen LogP contribution in [-0.2, 0) is 0 Å². The highest BCUT2D eigenvalue weighted by atomic mass is 16.1. The first kappa shape index (κ1) is 13.8. The summed E-state index contributed by atoms with van der Waals surface area (Å²) >= 11 is 0. The van der Waals surface area contributed by atoms with E-state index in [1.165, 1.54) is 6.33 Å². The van der Waals surface area contributed by atoms with Crippen LogP contribution in [0.25, 0.3) is 11.3 Å². The maximum absolute atomic E-state index is 12.2. The molecule has 1 amide bonds. The molecule has 0 aliphatic rings. The molecule has 3 aromatic rings. The minimum Gasteiger partial charge on any atom is -0.397 e. The van der Waals surface area contributed by atoms with Crippen LogP contribution in [0.1, 0.15) is 10.4 Å². The molecule has 1 aromatic heterocycles. The van der Waals surface area contributed by atoms with E-state index in [9.17, 15) is 4.79 Å². The van der Waals surface area contributed by atoms with Gasteiger partial charge in [0.1, 0.15) is 6.33 Å². The van der Waals surface area contributed by atoms with Crippen molar-refractivity contribution in [1.29, 1.82) is 0 Å². The average molecular weight is 290 g/mol. The van der Waals surface area contributed by atoms with E-state index >= 15 is 0 Å². The van der Waals surface area contributed by atoms with E-state index in [0.29, 0.717) is 16.9 Å². The first-order valence-electron chi connectivity index (χ1n) is 6.76. The summed E-state index contributed by atoms with van der Waals surface area (Å²) in [5.41, 5.74) is 9.26. The van der Waals surface area contributed by atoms with Crippen LogP contribution in [0.15, 0.2) is 67.1 Å². The molecule has 22 heavy (non-hydrogen) atoms. The molecule has 5 heteroatoms. The molecular formula is C17H14N4O. The van der Waals surface area contributed by atoms with Gasteiger partial charge < -0.3 is 11.1 Å². The lowest BCUT2D eigenvalue weighted by atomic mass is 10.1. The highest BCUT2D eigenvalue weighted by Crippen LogP contribution is 2.20. The lowest BCUT2D eigenvalue weighted by Crippen LogP contribution is -2.12. The van der Waals surface area contributed by atoms with Gasteiger partial charge in [-0.15, -0.1) is 0 Å². The summed E-state index contributed by atoms with van der Waals surface area (Å²) in [6.07, 6.45) is 3.18. The second kappa shape index (κ2) is 6.05. The molecule has 108 valence electrons. The standard InChI is InChI=1S/C17H14N4O/c18-14-3-1-2-4-16(14)21-17(22)13-7-5-12(6-8-13)15-9-10-19-11-20-15/h1-11H,18H2,(H,21,22). The van der Waals surface area contributed by atoms with Gasteiger partial charge in [0.05, 0.1) is 17.1 Å². The van der Waals surface area contributed by atoms with Crippen molar-refractivity contribution in [2.75, 3.05) is 11.1 Å². The normalized spacial score (nSPS) is 10.2. The van der Waals surface area contributed by atoms with Crippen molar-refractivity contribution in [3.05, 3.63) is 72.7 Å². The predicted octanol–water partition coefficient (Wildman–Crippen LogP) is 2.98. The van der Waals surface area contributed by atoms with E-state index in [4.69, 9.17) is 5.73 Å². The van der Waals surface area contributed by atoms with Crippen LogP contribution in [0.5, 0.6) is 0 Å². The smallest absolute Gasteiger partial charge is 0.255 e. The number of benzene rings is 2. The fourth-order valence-corrected chi connectivity index (χ4v) is 2.06. The number of aromatic nitrogens is 2. The lowest BCUT2D eigenvalue weighted by molar-refractivity contribution is 0.102. The summed E-state index contributed by atoms with van der Waals surface area (Å²) in [5.74, 6) is -0.202. The Labute approximate surface area is 127 Å². The Morgan fingerprint density at radius 3 is 2.45 bits per heavy atom. The van der Waals surface area contributed by atoms with Gasteiger partial charge in [-0.25, -0.2) is 9.97 Å². The van der Waals surface area contributed by atoms with Crippen LogP contribution in [0, 0.1) is 0 Å². The molecule has 0 aliphatic carbocycles. The number of hydrogen-bond acceptors (Lipinski definition) is 4. The van der Waals surface area contributed by atoms with Gasteiger partial charge >= 0.3 is 0 Å². The van der Waals surface area contributed by atoms with E-state index < -0.39 is 0 Å². The van der Waals surface area contributed by atoms with Crippen LogP contribution < -0.4 is 11.1 Å². The zero-order valence-corrected chi connectivity index (χ0v) is 11.7. The van der Waals surface area contributed by atoms with E-state index in [-0.39, 0.29) is 5.91 Å². The largest absolute Gasteiger partial charge is 0.397 e. The number of amides is 1. The number of nitrogens with one attached hydrogen (secondary N) is 1. The molecule has 0 unspecified atom stereocenters. The third kappa shape index (κ3) is 2.93. The molecule has 0 saturated carbocycles. The fourth-order valence-electron chi connectivity index (χ4n) is 2.06. The maximum Gasteiger partial charge on any atom is 0.255 e. The van der Waals surface area contributed by atoms with Crippen molar-refractivity contribution in [3.63, 3.8) is 0 Å². The maximum atomic E-state index is 12.2. The van der Waals surface area contributed by atoms with Gasteiger partial charge in [0.2, 0.25) is 0 Å². The molecule has 0 radical (unpaired) electrons. The van der Waals surface area contributed by atoms with Crippen molar-refractivity contribution in [3.8, 4) is 11.3 Å². The van der Waals surface area contributed by atoms with Crippen molar-refractivity contribution in [2.45, 2.75) is 0 Å². The third-order valence-electron chi connectivity index (χ3n) is 3.23. The first-order chi connectivity index (χ1) is 10.7.